The fraction of sp³-hybridized carbons (Fsp3) is 0.556. The summed E-state index contributed by atoms with van der Waals surface area (Å²) in [5.41, 5.74) is 0.612. The van der Waals surface area contributed by atoms with Crippen LogP contribution in [0.2, 0.25) is 0 Å². The lowest BCUT2D eigenvalue weighted by Crippen LogP contribution is -2.37. The summed E-state index contributed by atoms with van der Waals surface area (Å²) in [4.78, 5) is 14.2. The molecule has 0 spiro atoms. The van der Waals surface area contributed by atoms with Gasteiger partial charge in [-0.3, -0.25) is 4.79 Å². The molecule has 0 radical (unpaired) electrons. The molecule has 1 aliphatic heterocycles. The average Bonchev–Trinajstić information content (AvgIpc) is 3.07. The van der Waals surface area contributed by atoms with Crippen LogP contribution in [-0.4, -0.2) is 42.7 Å². The monoisotopic (exact) mass is 316 g/mol. The molecule has 1 atom stereocenters. The summed E-state index contributed by atoms with van der Waals surface area (Å²) < 4.78 is 11.2. The molecule has 1 amide bonds. The van der Waals surface area contributed by atoms with Gasteiger partial charge >= 0.3 is 0 Å². The van der Waals surface area contributed by atoms with Gasteiger partial charge in [-0.05, 0) is 51.0 Å². The number of carbonyl (C=O) groups excluding carboxylic acids is 1. The fourth-order valence-corrected chi connectivity index (χ4v) is 2.59. The van der Waals surface area contributed by atoms with Gasteiger partial charge in [0.15, 0.2) is 0 Å². The van der Waals surface area contributed by atoms with Crippen LogP contribution in [0.1, 0.15) is 43.5 Å². The third-order valence-electron chi connectivity index (χ3n) is 3.91. The normalized spacial score (nSPS) is 17.0. The second-order valence-corrected chi connectivity index (χ2v) is 5.97. The number of hydrogen-bond acceptors (Lipinski definition) is 4. The Morgan fingerprint density at radius 1 is 1.43 bits per heavy atom. The van der Waals surface area contributed by atoms with E-state index in [1.165, 1.54) is 0 Å². The Balaban J connectivity index is 1.94. The van der Waals surface area contributed by atoms with E-state index in [9.17, 15) is 4.79 Å². The molecule has 0 saturated carbocycles. The van der Waals surface area contributed by atoms with E-state index in [0.29, 0.717) is 25.1 Å². The lowest BCUT2D eigenvalue weighted by molar-refractivity contribution is 0.0677. The first-order valence-electron chi connectivity index (χ1n) is 8.14. The number of amides is 1. The van der Waals surface area contributed by atoms with Crippen LogP contribution >= 0.6 is 0 Å². The smallest absolute Gasteiger partial charge is 0.254 e. The molecule has 0 N–H and O–H groups in total. The lowest BCUT2D eigenvalue weighted by atomic mass is 10.1. The maximum Gasteiger partial charge on any atom is 0.254 e. The highest BCUT2D eigenvalue weighted by atomic mass is 16.5. The molecular formula is C18H24N2O3. The van der Waals surface area contributed by atoms with Crippen molar-refractivity contribution in [3.63, 3.8) is 0 Å². The summed E-state index contributed by atoms with van der Waals surface area (Å²) in [7, 11) is 0. The molecule has 2 rings (SSSR count). The molecule has 0 aliphatic carbocycles. The minimum atomic E-state index is -0.0547. The van der Waals surface area contributed by atoms with Gasteiger partial charge in [0.25, 0.3) is 5.91 Å². The van der Waals surface area contributed by atoms with Gasteiger partial charge in [-0.25, -0.2) is 0 Å². The van der Waals surface area contributed by atoms with Crippen molar-refractivity contribution in [3.05, 3.63) is 29.8 Å². The Hall–Kier alpha value is -2.06. The van der Waals surface area contributed by atoms with Crippen LogP contribution in [0.5, 0.6) is 5.75 Å². The summed E-state index contributed by atoms with van der Waals surface area (Å²) in [6.07, 6.45) is 2.65. The van der Waals surface area contributed by atoms with Gasteiger partial charge in [0.05, 0.1) is 18.6 Å². The zero-order chi connectivity index (χ0) is 16.7. The Morgan fingerprint density at radius 3 is 2.74 bits per heavy atom. The molecule has 1 heterocycles. The standard InChI is InChI=1S/C18H24N2O3/c1-14(2)20(11-4-10-19)18(21)15-6-8-16(9-7-15)23-13-17-5-3-12-22-17/h6-9,14,17H,3-5,11-13H2,1-2H3. The quantitative estimate of drug-likeness (QED) is 0.776. The SMILES string of the molecule is CC(C)N(CCC#N)C(=O)c1ccc(OCC2CCCO2)cc1. The van der Waals surface area contributed by atoms with Crippen LogP contribution in [0.3, 0.4) is 0 Å². The molecule has 1 unspecified atom stereocenters. The van der Waals surface area contributed by atoms with E-state index in [4.69, 9.17) is 14.7 Å². The number of nitrogens with zero attached hydrogens (tertiary/aromatic N) is 2. The van der Waals surface area contributed by atoms with Gasteiger partial charge in [-0.2, -0.15) is 5.26 Å². The van der Waals surface area contributed by atoms with Gasteiger partial charge in [0.2, 0.25) is 0 Å². The molecule has 0 bridgehead atoms. The Bertz CT molecular complexity index is 542. The van der Waals surface area contributed by atoms with Crippen molar-refractivity contribution in [2.45, 2.75) is 45.3 Å². The first kappa shape index (κ1) is 17.3. The number of rotatable bonds is 7. The molecule has 5 heteroatoms. The van der Waals surface area contributed by atoms with Crippen LogP contribution in [0, 0.1) is 11.3 Å². The van der Waals surface area contributed by atoms with Gasteiger partial charge in [0, 0.05) is 24.8 Å². The van der Waals surface area contributed by atoms with Crippen LogP contribution in [-0.2, 0) is 4.74 Å². The highest BCUT2D eigenvalue weighted by Gasteiger charge is 2.19. The topological polar surface area (TPSA) is 62.6 Å². The van der Waals surface area contributed by atoms with E-state index in [-0.39, 0.29) is 18.1 Å². The van der Waals surface area contributed by atoms with Gasteiger partial charge in [-0.15, -0.1) is 0 Å². The van der Waals surface area contributed by atoms with Crippen molar-refractivity contribution in [2.75, 3.05) is 19.8 Å². The van der Waals surface area contributed by atoms with Gasteiger partial charge < -0.3 is 14.4 Å². The predicted octanol–water partition coefficient (Wildman–Crippen LogP) is 3.01. The zero-order valence-electron chi connectivity index (χ0n) is 13.8. The molecule has 1 aliphatic rings. The van der Waals surface area contributed by atoms with Crippen molar-refractivity contribution in [3.8, 4) is 11.8 Å². The van der Waals surface area contributed by atoms with Crippen LogP contribution in [0.25, 0.3) is 0 Å². The van der Waals surface area contributed by atoms with E-state index < -0.39 is 0 Å². The first-order valence-corrected chi connectivity index (χ1v) is 8.14. The molecular weight excluding hydrogens is 292 g/mol. The number of carbonyl (C=O) groups is 1. The average molecular weight is 316 g/mol. The summed E-state index contributed by atoms with van der Waals surface area (Å²) >= 11 is 0. The summed E-state index contributed by atoms with van der Waals surface area (Å²) in [5, 5.41) is 8.72. The number of hydrogen-bond donors (Lipinski definition) is 0. The molecule has 124 valence electrons. The first-order chi connectivity index (χ1) is 11.1. The molecule has 1 aromatic rings. The van der Waals surface area contributed by atoms with Crippen molar-refractivity contribution < 1.29 is 14.3 Å². The second kappa shape index (κ2) is 8.54. The highest BCUT2D eigenvalue weighted by Crippen LogP contribution is 2.18. The Kier molecular flexibility index (Phi) is 6.42. The molecule has 1 saturated heterocycles. The van der Waals surface area contributed by atoms with E-state index in [2.05, 4.69) is 6.07 Å². The Morgan fingerprint density at radius 2 is 2.17 bits per heavy atom. The van der Waals surface area contributed by atoms with Crippen LogP contribution in [0.4, 0.5) is 0 Å². The number of ether oxygens (including phenoxy) is 2. The molecule has 5 nitrogen and oxygen atoms in total. The molecule has 1 aromatic carbocycles. The van der Waals surface area contributed by atoms with Crippen molar-refractivity contribution in [2.24, 2.45) is 0 Å². The van der Waals surface area contributed by atoms with Gasteiger partial charge in [0.1, 0.15) is 12.4 Å². The van der Waals surface area contributed by atoms with E-state index in [1.807, 2.05) is 26.0 Å². The minimum absolute atomic E-state index is 0.0547. The maximum absolute atomic E-state index is 12.5. The highest BCUT2D eigenvalue weighted by molar-refractivity contribution is 5.94. The Labute approximate surface area is 137 Å². The summed E-state index contributed by atoms with van der Waals surface area (Å²) in [6, 6.07) is 9.31. The van der Waals surface area contributed by atoms with E-state index in [1.54, 1.807) is 17.0 Å². The summed E-state index contributed by atoms with van der Waals surface area (Å²) in [5.74, 6) is 0.686. The molecule has 0 aromatic heterocycles. The second-order valence-electron chi connectivity index (χ2n) is 5.97. The van der Waals surface area contributed by atoms with Crippen molar-refractivity contribution >= 4 is 5.91 Å². The zero-order valence-corrected chi connectivity index (χ0v) is 13.8. The van der Waals surface area contributed by atoms with E-state index >= 15 is 0 Å². The van der Waals surface area contributed by atoms with Crippen molar-refractivity contribution in [1.82, 2.24) is 4.90 Å². The van der Waals surface area contributed by atoms with Gasteiger partial charge in [-0.1, -0.05) is 0 Å². The third kappa shape index (κ3) is 4.97. The summed E-state index contributed by atoms with van der Waals surface area (Å²) in [6.45, 7) is 5.72. The van der Waals surface area contributed by atoms with E-state index in [0.717, 1.165) is 25.2 Å². The molecule has 1 fully saturated rings. The lowest BCUT2D eigenvalue weighted by Gasteiger charge is -2.26. The number of benzene rings is 1. The largest absolute Gasteiger partial charge is 0.491 e. The predicted molar refractivity (Wildman–Crippen MR) is 87.3 cm³/mol. The maximum atomic E-state index is 12.5. The van der Waals surface area contributed by atoms with Crippen molar-refractivity contribution in [1.29, 1.82) is 5.26 Å². The number of nitriles is 1. The van der Waals surface area contributed by atoms with Crippen LogP contribution < -0.4 is 4.74 Å². The van der Waals surface area contributed by atoms with Crippen LogP contribution in [0.15, 0.2) is 24.3 Å². The fourth-order valence-electron chi connectivity index (χ4n) is 2.59. The third-order valence-corrected chi connectivity index (χ3v) is 3.91. The molecule has 23 heavy (non-hydrogen) atoms. The minimum Gasteiger partial charge on any atom is -0.491 e.